The number of nitrogens with one attached hydrogen (secondary N) is 2. The Morgan fingerprint density at radius 3 is 2.30 bits per heavy atom. The Labute approximate surface area is 231 Å². The molecule has 1 atom stereocenters. The molecule has 3 rings (SSSR count). The number of hydrogen-bond acceptors (Lipinski definition) is 8. The van der Waals surface area contributed by atoms with Crippen LogP contribution in [0.3, 0.4) is 0 Å². The standard InChI is InChI=1S/C28H30N4O8/c1-17-8-6-7-9-22(17)29-28(35)30-23-12-11-21(15-26(23)38-4)31(19(3)33)18(2)16-40-25-13-10-20(27(34)39-5)14-24(25)32(36)37/h6-15,18H,16H2,1-5H3,(H2,29,30,35)/t18-/m0/s1. The predicted molar refractivity (Wildman–Crippen MR) is 149 cm³/mol. The topological polar surface area (TPSA) is 149 Å². The van der Waals surface area contributed by atoms with Crippen LogP contribution < -0.4 is 25.0 Å². The molecule has 0 radical (unpaired) electrons. The van der Waals surface area contributed by atoms with Crippen LogP contribution in [0.25, 0.3) is 0 Å². The van der Waals surface area contributed by atoms with Crippen LogP contribution in [0, 0.1) is 17.0 Å². The van der Waals surface area contributed by atoms with Crippen molar-refractivity contribution in [1.82, 2.24) is 0 Å². The Balaban J connectivity index is 1.77. The Morgan fingerprint density at radius 2 is 1.68 bits per heavy atom. The summed E-state index contributed by atoms with van der Waals surface area (Å²) in [6, 6.07) is 14.9. The number of esters is 1. The summed E-state index contributed by atoms with van der Waals surface area (Å²) in [5, 5.41) is 17.1. The van der Waals surface area contributed by atoms with Crippen molar-refractivity contribution in [3.63, 3.8) is 0 Å². The van der Waals surface area contributed by atoms with E-state index >= 15 is 0 Å². The lowest BCUT2D eigenvalue weighted by Crippen LogP contribution is -2.41. The van der Waals surface area contributed by atoms with Crippen LogP contribution in [0.4, 0.5) is 27.5 Å². The third kappa shape index (κ3) is 7.04. The van der Waals surface area contributed by atoms with Gasteiger partial charge in [0.2, 0.25) is 5.91 Å². The number of benzene rings is 3. The number of aryl methyl sites for hydroxylation is 1. The normalized spacial score (nSPS) is 11.1. The summed E-state index contributed by atoms with van der Waals surface area (Å²) < 4.78 is 15.8. The van der Waals surface area contributed by atoms with Gasteiger partial charge in [-0.1, -0.05) is 18.2 Å². The number of carbonyl (C=O) groups is 3. The molecular weight excluding hydrogens is 520 g/mol. The van der Waals surface area contributed by atoms with Crippen LogP contribution >= 0.6 is 0 Å². The first kappa shape index (κ1) is 29.4. The molecule has 0 fully saturated rings. The first-order valence-electron chi connectivity index (χ1n) is 12.2. The molecule has 0 unspecified atom stereocenters. The molecular formula is C28H30N4O8. The van der Waals surface area contributed by atoms with E-state index in [0.29, 0.717) is 22.8 Å². The maximum atomic E-state index is 12.6. The summed E-state index contributed by atoms with van der Waals surface area (Å²) in [7, 11) is 2.61. The highest BCUT2D eigenvalue weighted by Crippen LogP contribution is 2.32. The number of rotatable bonds is 10. The first-order chi connectivity index (χ1) is 19.0. The molecule has 12 nitrogen and oxygen atoms in total. The second-order valence-electron chi connectivity index (χ2n) is 8.76. The van der Waals surface area contributed by atoms with Crippen LogP contribution in [-0.4, -0.2) is 49.7 Å². The van der Waals surface area contributed by atoms with Crippen molar-refractivity contribution >= 4 is 40.7 Å². The predicted octanol–water partition coefficient (Wildman–Crippen LogP) is 5.16. The van der Waals surface area contributed by atoms with Gasteiger partial charge in [0, 0.05) is 30.4 Å². The minimum absolute atomic E-state index is 0.00772. The average molecular weight is 551 g/mol. The molecule has 0 heterocycles. The van der Waals surface area contributed by atoms with Crippen LogP contribution in [0.2, 0.25) is 0 Å². The van der Waals surface area contributed by atoms with E-state index in [-0.39, 0.29) is 23.8 Å². The fourth-order valence-electron chi connectivity index (χ4n) is 3.98. The van der Waals surface area contributed by atoms with Crippen molar-refractivity contribution in [1.29, 1.82) is 0 Å². The van der Waals surface area contributed by atoms with Crippen LogP contribution in [0.5, 0.6) is 11.5 Å². The molecule has 0 aliphatic rings. The summed E-state index contributed by atoms with van der Waals surface area (Å²) in [5.41, 5.74) is 2.00. The van der Waals surface area contributed by atoms with Crippen molar-refractivity contribution in [2.45, 2.75) is 26.8 Å². The monoisotopic (exact) mass is 550 g/mol. The van der Waals surface area contributed by atoms with Gasteiger partial charge in [-0.2, -0.15) is 0 Å². The van der Waals surface area contributed by atoms with E-state index in [1.165, 1.54) is 38.2 Å². The Kier molecular flexibility index (Phi) is 9.63. The molecule has 0 bridgehead atoms. The molecule has 3 aromatic carbocycles. The summed E-state index contributed by atoms with van der Waals surface area (Å²) in [4.78, 5) is 49.3. The number of para-hydroxylation sites is 1. The largest absolute Gasteiger partial charge is 0.494 e. The molecule has 3 amide bonds. The van der Waals surface area contributed by atoms with E-state index < -0.39 is 28.7 Å². The van der Waals surface area contributed by atoms with Gasteiger partial charge in [0.15, 0.2) is 5.75 Å². The molecule has 0 saturated carbocycles. The van der Waals surface area contributed by atoms with E-state index in [0.717, 1.165) is 11.6 Å². The highest BCUT2D eigenvalue weighted by atomic mass is 16.6. The molecule has 0 aliphatic heterocycles. The number of nitro benzene ring substituents is 1. The van der Waals surface area contributed by atoms with Gasteiger partial charge >= 0.3 is 17.7 Å². The molecule has 0 saturated heterocycles. The second kappa shape index (κ2) is 13.1. The summed E-state index contributed by atoms with van der Waals surface area (Å²) >= 11 is 0. The number of methoxy groups -OCH3 is 2. The maximum absolute atomic E-state index is 12.6. The third-order valence-corrected chi connectivity index (χ3v) is 5.94. The average Bonchev–Trinajstić information content (AvgIpc) is 2.93. The van der Waals surface area contributed by atoms with Crippen LogP contribution in [0.15, 0.2) is 60.7 Å². The number of ether oxygens (including phenoxy) is 3. The van der Waals surface area contributed by atoms with Crippen molar-refractivity contribution in [2.24, 2.45) is 0 Å². The van der Waals surface area contributed by atoms with Crippen molar-refractivity contribution in [2.75, 3.05) is 36.4 Å². The van der Waals surface area contributed by atoms with Gasteiger partial charge in [0.1, 0.15) is 12.4 Å². The number of hydrogen-bond donors (Lipinski definition) is 2. The smallest absolute Gasteiger partial charge is 0.338 e. The lowest BCUT2D eigenvalue weighted by Gasteiger charge is -2.29. The number of carbonyl (C=O) groups excluding carboxylic acids is 3. The molecule has 3 aromatic rings. The number of anilines is 3. The molecule has 210 valence electrons. The van der Waals surface area contributed by atoms with Gasteiger partial charge in [0.25, 0.3) is 0 Å². The van der Waals surface area contributed by atoms with Crippen molar-refractivity contribution < 1.29 is 33.5 Å². The Morgan fingerprint density at radius 1 is 0.975 bits per heavy atom. The number of urea groups is 1. The zero-order valence-corrected chi connectivity index (χ0v) is 22.7. The van der Waals surface area contributed by atoms with Crippen LogP contribution in [-0.2, 0) is 9.53 Å². The van der Waals surface area contributed by atoms with Gasteiger partial charge in [-0.15, -0.1) is 0 Å². The Bertz CT molecular complexity index is 1430. The van der Waals surface area contributed by atoms with Crippen molar-refractivity contribution in [3.8, 4) is 11.5 Å². The second-order valence-corrected chi connectivity index (χ2v) is 8.76. The number of nitro groups is 1. The minimum Gasteiger partial charge on any atom is -0.494 e. The quantitative estimate of drug-likeness (QED) is 0.200. The minimum atomic E-state index is -0.717. The summed E-state index contributed by atoms with van der Waals surface area (Å²) in [6.07, 6.45) is 0. The maximum Gasteiger partial charge on any atom is 0.338 e. The van der Waals surface area contributed by atoms with Crippen LogP contribution in [0.1, 0.15) is 29.8 Å². The van der Waals surface area contributed by atoms with E-state index in [4.69, 9.17) is 9.47 Å². The van der Waals surface area contributed by atoms with Gasteiger partial charge in [-0.05, 0) is 49.7 Å². The summed E-state index contributed by atoms with van der Waals surface area (Å²) in [5.74, 6) is -0.785. The lowest BCUT2D eigenvalue weighted by molar-refractivity contribution is -0.385. The molecule has 2 N–H and O–H groups in total. The third-order valence-electron chi connectivity index (χ3n) is 5.94. The van der Waals surface area contributed by atoms with Gasteiger partial charge in [0.05, 0.1) is 36.4 Å². The zero-order chi connectivity index (χ0) is 29.4. The van der Waals surface area contributed by atoms with Gasteiger partial charge in [-0.25, -0.2) is 9.59 Å². The van der Waals surface area contributed by atoms with Crippen molar-refractivity contribution in [3.05, 3.63) is 81.9 Å². The number of amides is 3. The molecule has 40 heavy (non-hydrogen) atoms. The molecule has 12 heteroatoms. The fourth-order valence-corrected chi connectivity index (χ4v) is 3.98. The highest BCUT2D eigenvalue weighted by molar-refractivity contribution is 6.01. The number of nitrogens with zero attached hydrogens (tertiary/aromatic N) is 2. The molecule has 0 aliphatic carbocycles. The van der Waals surface area contributed by atoms with Gasteiger partial charge in [-0.3, -0.25) is 14.9 Å². The first-order valence-corrected chi connectivity index (χ1v) is 12.2. The SMILES string of the molecule is COC(=O)c1ccc(OC[C@H](C)N(C(C)=O)c2ccc(NC(=O)Nc3ccccc3C)c(OC)c2)c([N+](=O)[O-])c1. The van der Waals surface area contributed by atoms with E-state index in [9.17, 15) is 24.5 Å². The highest BCUT2D eigenvalue weighted by Gasteiger charge is 2.24. The zero-order valence-electron chi connectivity index (χ0n) is 22.7. The Hall–Kier alpha value is -5.13. The fraction of sp³-hybridized carbons (Fsp3) is 0.250. The molecule has 0 spiro atoms. The summed E-state index contributed by atoms with van der Waals surface area (Å²) in [6.45, 7) is 4.86. The van der Waals surface area contributed by atoms with E-state index in [2.05, 4.69) is 15.4 Å². The van der Waals surface area contributed by atoms with E-state index in [1.807, 2.05) is 25.1 Å². The lowest BCUT2D eigenvalue weighted by atomic mass is 10.2. The molecule has 0 aromatic heterocycles. The van der Waals surface area contributed by atoms with Gasteiger partial charge < -0.3 is 29.7 Å². The van der Waals surface area contributed by atoms with E-state index in [1.54, 1.807) is 31.2 Å².